The molecule has 0 saturated carbocycles. The number of nitrogens with one attached hydrogen (secondary N) is 1. The van der Waals surface area contributed by atoms with E-state index >= 15 is 0 Å². The van der Waals surface area contributed by atoms with Crippen LogP contribution < -0.4 is 10.2 Å². The summed E-state index contributed by atoms with van der Waals surface area (Å²) in [6.45, 7) is 2.32. The average Bonchev–Trinajstić information content (AvgIpc) is 3.12. The van der Waals surface area contributed by atoms with Gasteiger partial charge in [-0.3, -0.25) is 4.79 Å². The molecule has 0 aromatic carbocycles. The van der Waals surface area contributed by atoms with Crippen LogP contribution in [0, 0.1) is 0 Å². The number of hydrogen-bond acceptors (Lipinski definition) is 4. The van der Waals surface area contributed by atoms with Crippen LogP contribution >= 0.6 is 11.3 Å². The lowest BCUT2D eigenvalue weighted by molar-refractivity contribution is -0.122. The molecule has 3 heterocycles. The van der Waals surface area contributed by atoms with Crippen LogP contribution in [0.15, 0.2) is 36.1 Å². The number of carbonyl (C=O) groups is 1. The van der Waals surface area contributed by atoms with E-state index in [0.29, 0.717) is 6.54 Å². The molecule has 5 nitrogen and oxygen atoms in total. The largest absolute Gasteiger partial charge is 0.352 e. The van der Waals surface area contributed by atoms with Crippen molar-refractivity contribution in [1.29, 1.82) is 0 Å². The molecule has 1 aliphatic heterocycles. The van der Waals surface area contributed by atoms with E-state index in [2.05, 4.69) is 15.2 Å². The van der Waals surface area contributed by atoms with E-state index in [9.17, 15) is 4.79 Å². The summed E-state index contributed by atoms with van der Waals surface area (Å²) in [5.74, 6) is 0.0916. The third kappa shape index (κ3) is 3.19. The molecular weight excluding hydrogens is 272 g/mol. The lowest BCUT2D eigenvalue weighted by Crippen LogP contribution is -2.45. The molecule has 1 aliphatic rings. The highest BCUT2D eigenvalue weighted by Gasteiger charge is 2.21. The maximum Gasteiger partial charge on any atom is 0.240 e. The van der Waals surface area contributed by atoms with Gasteiger partial charge in [0.1, 0.15) is 6.54 Å². The van der Waals surface area contributed by atoms with E-state index in [1.165, 1.54) is 0 Å². The fraction of sp³-hybridized carbons (Fsp3) is 0.429. The molecule has 6 heteroatoms. The van der Waals surface area contributed by atoms with E-state index in [0.717, 1.165) is 31.1 Å². The average molecular weight is 290 g/mol. The smallest absolute Gasteiger partial charge is 0.240 e. The van der Waals surface area contributed by atoms with E-state index < -0.39 is 0 Å². The molecule has 0 atom stereocenters. The first-order valence-electron chi connectivity index (χ1n) is 6.86. The molecule has 0 radical (unpaired) electrons. The van der Waals surface area contributed by atoms with Gasteiger partial charge in [0, 0.05) is 43.1 Å². The molecule has 0 spiro atoms. The van der Waals surface area contributed by atoms with E-state index in [4.69, 9.17) is 0 Å². The quantitative estimate of drug-likeness (QED) is 0.933. The summed E-state index contributed by atoms with van der Waals surface area (Å²) >= 11 is 1.67. The molecule has 20 heavy (non-hydrogen) atoms. The Kier molecular flexibility index (Phi) is 4.01. The summed E-state index contributed by atoms with van der Waals surface area (Å²) in [6.07, 6.45) is 7.62. The van der Waals surface area contributed by atoms with Crippen molar-refractivity contribution < 1.29 is 4.79 Å². The fourth-order valence-corrected chi connectivity index (χ4v) is 3.20. The second kappa shape index (κ2) is 6.09. The third-order valence-electron chi connectivity index (χ3n) is 3.54. The summed E-state index contributed by atoms with van der Waals surface area (Å²) in [5.41, 5.74) is 0. The maximum absolute atomic E-state index is 11.9. The Balaban J connectivity index is 1.45. The summed E-state index contributed by atoms with van der Waals surface area (Å²) in [5, 5.41) is 6.21. The highest BCUT2D eigenvalue weighted by molar-refractivity contribution is 7.13. The van der Waals surface area contributed by atoms with Gasteiger partial charge in [-0.15, -0.1) is 11.3 Å². The van der Waals surface area contributed by atoms with Gasteiger partial charge in [-0.2, -0.15) is 0 Å². The number of hydrogen-bond donors (Lipinski definition) is 1. The molecule has 1 fully saturated rings. The minimum Gasteiger partial charge on any atom is -0.352 e. The molecule has 2 aromatic rings. The summed E-state index contributed by atoms with van der Waals surface area (Å²) in [4.78, 5) is 18.6. The normalized spacial score (nSPS) is 16.3. The molecular formula is C14H18N4OS. The molecule has 106 valence electrons. The van der Waals surface area contributed by atoms with Gasteiger partial charge in [0.15, 0.2) is 5.13 Å². The van der Waals surface area contributed by atoms with Crippen LogP contribution in [0.1, 0.15) is 12.8 Å². The highest BCUT2D eigenvalue weighted by atomic mass is 32.1. The van der Waals surface area contributed by atoms with Gasteiger partial charge in [0.05, 0.1) is 0 Å². The summed E-state index contributed by atoms with van der Waals surface area (Å²) in [6, 6.07) is 4.15. The molecule has 0 aliphatic carbocycles. The Morgan fingerprint density at radius 3 is 2.75 bits per heavy atom. The van der Waals surface area contributed by atoms with Gasteiger partial charge in [0.25, 0.3) is 0 Å². The van der Waals surface area contributed by atoms with Crippen LogP contribution in [-0.2, 0) is 11.3 Å². The predicted molar refractivity (Wildman–Crippen MR) is 79.9 cm³/mol. The first-order valence-corrected chi connectivity index (χ1v) is 7.74. The van der Waals surface area contributed by atoms with Gasteiger partial charge < -0.3 is 14.8 Å². The number of rotatable bonds is 4. The lowest BCUT2D eigenvalue weighted by Gasteiger charge is -2.32. The van der Waals surface area contributed by atoms with Gasteiger partial charge >= 0.3 is 0 Å². The first kappa shape index (κ1) is 13.2. The van der Waals surface area contributed by atoms with E-state index in [-0.39, 0.29) is 11.9 Å². The molecule has 1 amide bonds. The minimum absolute atomic E-state index is 0.0916. The third-order valence-corrected chi connectivity index (χ3v) is 4.37. The topological polar surface area (TPSA) is 50.2 Å². The number of piperidine rings is 1. The van der Waals surface area contributed by atoms with Crippen molar-refractivity contribution in [2.75, 3.05) is 18.0 Å². The van der Waals surface area contributed by atoms with Crippen LogP contribution in [0.3, 0.4) is 0 Å². The summed E-state index contributed by atoms with van der Waals surface area (Å²) in [7, 11) is 0. The minimum atomic E-state index is 0.0916. The Labute approximate surface area is 122 Å². The Hall–Kier alpha value is -1.82. The highest BCUT2D eigenvalue weighted by Crippen LogP contribution is 2.21. The molecule has 1 N–H and O–H groups in total. The van der Waals surface area contributed by atoms with Gasteiger partial charge in [0.2, 0.25) is 5.91 Å². The molecule has 2 aromatic heterocycles. The van der Waals surface area contributed by atoms with Crippen LogP contribution in [0.4, 0.5) is 5.13 Å². The molecule has 3 rings (SSSR count). The van der Waals surface area contributed by atoms with Crippen molar-refractivity contribution in [3.63, 3.8) is 0 Å². The predicted octanol–water partition coefficient (Wildman–Crippen LogP) is 1.73. The van der Waals surface area contributed by atoms with Crippen molar-refractivity contribution in [3.05, 3.63) is 36.1 Å². The van der Waals surface area contributed by atoms with Crippen molar-refractivity contribution in [2.45, 2.75) is 25.4 Å². The zero-order valence-corrected chi connectivity index (χ0v) is 12.1. The van der Waals surface area contributed by atoms with Crippen molar-refractivity contribution in [3.8, 4) is 0 Å². The zero-order chi connectivity index (χ0) is 13.8. The number of anilines is 1. The van der Waals surface area contributed by atoms with E-state index in [1.807, 2.05) is 40.7 Å². The van der Waals surface area contributed by atoms with Gasteiger partial charge in [-0.25, -0.2) is 4.98 Å². The van der Waals surface area contributed by atoms with Gasteiger partial charge in [-0.1, -0.05) is 0 Å². The van der Waals surface area contributed by atoms with Crippen LogP contribution in [0.2, 0.25) is 0 Å². The SMILES string of the molecule is O=C(Cn1cccc1)NC1CCN(c2nccs2)CC1. The Morgan fingerprint density at radius 2 is 2.10 bits per heavy atom. The van der Waals surface area contributed by atoms with E-state index in [1.54, 1.807) is 11.3 Å². The number of aromatic nitrogens is 2. The second-order valence-corrected chi connectivity index (χ2v) is 5.87. The number of carbonyl (C=O) groups excluding carboxylic acids is 1. The maximum atomic E-state index is 11.9. The monoisotopic (exact) mass is 290 g/mol. The zero-order valence-electron chi connectivity index (χ0n) is 11.2. The Bertz CT molecular complexity index is 530. The number of nitrogens with zero attached hydrogens (tertiary/aromatic N) is 3. The molecule has 1 saturated heterocycles. The standard InChI is InChI=1S/C14H18N4OS/c19-13(11-17-6-1-2-7-17)16-12-3-8-18(9-4-12)14-15-5-10-20-14/h1-2,5-7,10,12H,3-4,8-9,11H2,(H,16,19). The lowest BCUT2D eigenvalue weighted by atomic mass is 10.1. The molecule has 0 bridgehead atoms. The van der Waals surface area contributed by atoms with Crippen LogP contribution in [0.25, 0.3) is 0 Å². The number of amides is 1. The van der Waals surface area contributed by atoms with Crippen LogP contribution in [-0.4, -0.2) is 34.6 Å². The van der Waals surface area contributed by atoms with Crippen molar-refractivity contribution in [2.24, 2.45) is 0 Å². The second-order valence-electron chi connectivity index (χ2n) is 5.00. The number of thiazole rings is 1. The Morgan fingerprint density at radius 1 is 1.35 bits per heavy atom. The molecule has 0 unspecified atom stereocenters. The van der Waals surface area contributed by atoms with Crippen molar-refractivity contribution >= 4 is 22.4 Å². The first-order chi connectivity index (χ1) is 9.81. The van der Waals surface area contributed by atoms with Crippen molar-refractivity contribution in [1.82, 2.24) is 14.9 Å². The van der Waals surface area contributed by atoms with Crippen LogP contribution in [0.5, 0.6) is 0 Å². The fourth-order valence-electron chi connectivity index (χ4n) is 2.50. The summed E-state index contributed by atoms with van der Waals surface area (Å²) < 4.78 is 1.89. The van der Waals surface area contributed by atoms with Gasteiger partial charge in [-0.05, 0) is 25.0 Å².